The fraction of sp³-hybridized carbons (Fsp3) is 0.647. The predicted molar refractivity (Wildman–Crippen MR) is 84.2 cm³/mol. The molecule has 0 amide bonds. The molecule has 20 heavy (non-hydrogen) atoms. The largest absolute Gasteiger partial charge is 0.491 e. The van der Waals surface area contributed by atoms with Gasteiger partial charge in [0.2, 0.25) is 0 Å². The van der Waals surface area contributed by atoms with Crippen molar-refractivity contribution in [1.82, 2.24) is 10.2 Å². The molecule has 3 heteroatoms. The van der Waals surface area contributed by atoms with Crippen LogP contribution in [0.3, 0.4) is 0 Å². The van der Waals surface area contributed by atoms with E-state index in [2.05, 4.69) is 55.3 Å². The molecule has 1 aromatic carbocycles. The number of nitrogens with zero attached hydrogens (tertiary/aromatic N) is 1. The van der Waals surface area contributed by atoms with Crippen LogP contribution in [-0.4, -0.2) is 37.7 Å². The van der Waals surface area contributed by atoms with Gasteiger partial charge in [-0.15, -0.1) is 0 Å². The van der Waals surface area contributed by atoms with Crippen LogP contribution in [0, 0.1) is 5.92 Å². The van der Waals surface area contributed by atoms with Crippen molar-refractivity contribution in [2.24, 2.45) is 5.92 Å². The second-order valence-electron chi connectivity index (χ2n) is 5.92. The van der Waals surface area contributed by atoms with Crippen molar-refractivity contribution in [2.75, 3.05) is 26.7 Å². The Morgan fingerprint density at radius 2 is 2.20 bits per heavy atom. The van der Waals surface area contributed by atoms with Gasteiger partial charge in [-0.3, -0.25) is 4.90 Å². The van der Waals surface area contributed by atoms with Crippen molar-refractivity contribution in [3.05, 3.63) is 29.8 Å². The lowest BCUT2D eigenvalue weighted by molar-refractivity contribution is 0.230. The fourth-order valence-corrected chi connectivity index (χ4v) is 3.28. The molecule has 0 radical (unpaired) electrons. The van der Waals surface area contributed by atoms with Crippen LogP contribution in [0.4, 0.5) is 0 Å². The Kier molecular flexibility index (Phi) is 5.44. The molecule has 0 bridgehead atoms. The number of nitrogens with one attached hydrogen (secondary N) is 1. The van der Waals surface area contributed by atoms with Crippen LogP contribution in [0.5, 0.6) is 5.75 Å². The van der Waals surface area contributed by atoms with Crippen LogP contribution in [0.15, 0.2) is 24.3 Å². The van der Waals surface area contributed by atoms with Gasteiger partial charge in [0.1, 0.15) is 5.75 Å². The molecule has 0 aliphatic carbocycles. The van der Waals surface area contributed by atoms with Crippen LogP contribution in [0.25, 0.3) is 0 Å². The van der Waals surface area contributed by atoms with Gasteiger partial charge in [0, 0.05) is 6.04 Å². The summed E-state index contributed by atoms with van der Waals surface area (Å²) in [7, 11) is 2.05. The molecule has 0 aromatic heterocycles. The first-order valence-corrected chi connectivity index (χ1v) is 7.81. The van der Waals surface area contributed by atoms with Gasteiger partial charge in [0.15, 0.2) is 0 Å². The first-order valence-electron chi connectivity index (χ1n) is 7.81. The van der Waals surface area contributed by atoms with E-state index in [4.69, 9.17) is 4.74 Å². The molecule has 0 saturated carbocycles. The molecule has 1 aliphatic heterocycles. The first-order chi connectivity index (χ1) is 9.65. The topological polar surface area (TPSA) is 24.5 Å². The second kappa shape index (κ2) is 7.09. The minimum absolute atomic E-state index is 0.226. The van der Waals surface area contributed by atoms with Crippen molar-refractivity contribution in [3.8, 4) is 5.75 Å². The third kappa shape index (κ3) is 3.53. The molecule has 2 unspecified atom stereocenters. The first kappa shape index (κ1) is 15.3. The third-order valence-electron chi connectivity index (χ3n) is 4.07. The van der Waals surface area contributed by atoms with Gasteiger partial charge < -0.3 is 10.1 Å². The lowest BCUT2D eigenvalue weighted by Crippen LogP contribution is -2.29. The highest BCUT2D eigenvalue weighted by atomic mass is 16.5. The SMILES string of the molecule is CCN1CCC(CNC)C1c1cccc(OC(C)C)c1. The quantitative estimate of drug-likeness (QED) is 0.864. The lowest BCUT2D eigenvalue weighted by Gasteiger charge is -2.28. The molecule has 2 rings (SSSR count). The Balaban J connectivity index is 2.22. The zero-order valence-corrected chi connectivity index (χ0v) is 13.2. The van der Waals surface area contributed by atoms with Gasteiger partial charge in [-0.1, -0.05) is 19.1 Å². The molecule has 1 N–H and O–H groups in total. The van der Waals surface area contributed by atoms with E-state index in [-0.39, 0.29) is 6.10 Å². The molecule has 0 spiro atoms. The monoisotopic (exact) mass is 276 g/mol. The summed E-state index contributed by atoms with van der Waals surface area (Å²) < 4.78 is 5.84. The van der Waals surface area contributed by atoms with Gasteiger partial charge in [0.05, 0.1) is 6.10 Å². The zero-order chi connectivity index (χ0) is 14.5. The van der Waals surface area contributed by atoms with E-state index < -0.39 is 0 Å². The Hall–Kier alpha value is -1.06. The molecular formula is C17H28N2O. The average molecular weight is 276 g/mol. The normalized spacial score (nSPS) is 23.4. The van der Waals surface area contributed by atoms with Gasteiger partial charge >= 0.3 is 0 Å². The molecule has 2 atom stereocenters. The Labute approximate surface area is 123 Å². The third-order valence-corrected chi connectivity index (χ3v) is 4.07. The molecule has 1 aliphatic rings. The fourth-order valence-electron chi connectivity index (χ4n) is 3.28. The Morgan fingerprint density at radius 3 is 2.85 bits per heavy atom. The number of benzene rings is 1. The van der Waals surface area contributed by atoms with E-state index in [1.165, 1.54) is 18.5 Å². The summed E-state index contributed by atoms with van der Waals surface area (Å²) in [5.41, 5.74) is 1.39. The van der Waals surface area contributed by atoms with E-state index >= 15 is 0 Å². The molecular weight excluding hydrogens is 248 g/mol. The molecule has 3 nitrogen and oxygen atoms in total. The van der Waals surface area contributed by atoms with Crippen LogP contribution < -0.4 is 10.1 Å². The second-order valence-corrected chi connectivity index (χ2v) is 5.92. The standard InChI is InChI=1S/C17H28N2O/c1-5-19-10-9-15(12-18-4)17(19)14-7-6-8-16(11-14)20-13(2)3/h6-8,11,13,15,17-18H,5,9-10,12H2,1-4H3. The zero-order valence-electron chi connectivity index (χ0n) is 13.2. The van der Waals surface area contributed by atoms with Crippen LogP contribution >= 0.6 is 0 Å². The molecule has 1 heterocycles. The summed E-state index contributed by atoms with van der Waals surface area (Å²) in [6.07, 6.45) is 1.50. The molecule has 1 fully saturated rings. The smallest absolute Gasteiger partial charge is 0.120 e. The predicted octanol–water partition coefficient (Wildman–Crippen LogP) is 3.08. The van der Waals surface area contributed by atoms with Crippen LogP contribution in [0.2, 0.25) is 0 Å². The highest BCUT2D eigenvalue weighted by molar-refractivity contribution is 5.32. The maximum atomic E-state index is 5.84. The number of hydrogen-bond acceptors (Lipinski definition) is 3. The summed E-state index contributed by atoms with van der Waals surface area (Å²) >= 11 is 0. The van der Waals surface area contributed by atoms with E-state index in [1.54, 1.807) is 0 Å². The number of hydrogen-bond donors (Lipinski definition) is 1. The maximum absolute atomic E-state index is 5.84. The van der Waals surface area contributed by atoms with E-state index in [0.717, 1.165) is 18.8 Å². The summed E-state index contributed by atoms with van der Waals surface area (Å²) in [6.45, 7) is 9.79. The van der Waals surface area contributed by atoms with Crippen LogP contribution in [-0.2, 0) is 0 Å². The molecule has 1 saturated heterocycles. The minimum atomic E-state index is 0.226. The summed E-state index contributed by atoms with van der Waals surface area (Å²) in [5.74, 6) is 1.68. The lowest BCUT2D eigenvalue weighted by atomic mass is 9.93. The Bertz CT molecular complexity index is 419. The molecule has 1 aromatic rings. The van der Waals surface area contributed by atoms with Crippen molar-refractivity contribution < 1.29 is 4.74 Å². The minimum Gasteiger partial charge on any atom is -0.491 e. The van der Waals surface area contributed by atoms with Gasteiger partial charge in [-0.2, -0.15) is 0 Å². The number of ether oxygens (including phenoxy) is 1. The summed E-state index contributed by atoms with van der Waals surface area (Å²) in [5, 5.41) is 3.34. The van der Waals surface area contributed by atoms with Crippen LogP contribution in [0.1, 0.15) is 38.8 Å². The number of likely N-dealkylation sites (tertiary alicyclic amines) is 1. The van der Waals surface area contributed by atoms with Crippen molar-refractivity contribution in [3.63, 3.8) is 0 Å². The van der Waals surface area contributed by atoms with Crippen molar-refractivity contribution in [2.45, 2.75) is 39.3 Å². The van der Waals surface area contributed by atoms with E-state index in [1.807, 2.05) is 7.05 Å². The highest BCUT2D eigenvalue weighted by Crippen LogP contribution is 2.37. The van der Waals surface area contributed by atoms with Crippen molar-refractivity contribution >= 4 is 0 Å². The summed E-state index contributed by atoms with van der Waals surface area (Å²) in [4.78, 5) is 2.58. The van der Waals surface area contributed by atoms with Gasteiger partial charge in [-0.05, 0) is 70.6 Å². The van der Waals surface area contributed by atoms with Crippen molar-refractivity contribution in [1.29, 1.82) is 0 Å². The van der Waals surface area contributed by atoms with Gasteiger partial charge in [-0.25, -0.2) is 0 Å². The van der Waals surface area contributed by atoms with E-state index in [9.17, 15) is 0 Å². The average Bonchev–Trinajstić information content (AvgIpc) is 2.81. The highest BCUT2D eigenvalue weighted by Gasteiger charge is 2.33. The summed E-state index contributed by atoms with van der Waals surface area (Å²) in [6, 6.07) is 9.16. The molecule has 112 valence electrons. The number of rotatable bonds is 6. The Morgan fingerprint density at radius 1 is 1.40 bits per heavy atom. The van der Waals surface area contributed by atoms with Gasteiger partial charge in [0.25, 0.3) is 0 Å². The maximum Gasteiger partial charge on any atom is 0.120 e. The van der Waals surface area contributed by atoms with E-state index in [0.29, 0.717) is 12.0 Å².